The molecule has 7 heterocycles. The average Bonchev–Trinajstić information content (AvgIpc) is 3.14. The van der Waals surface area contributed by atoms with Crippen molar-refractivity contribution in [3.8, 4) is 33.9 Å². The van der Waals surface area contributed by atoms with E-state index in [9.17, 15) is 26.3 Å². The summed E-state index contributed by atoms with van der Waals surface area (Å²) in [5.74, 6) is -4.46. The van der Waals surface area contributed by atoms with Gasteiger partial charge in [-0.25, -0.2) is 0 Å². The molecule has 0 fully saturated rings. The average molecular weight is 939 g/mol. The molecule has 0 spiro atoms. The standard InChI is InChI=1S/C44H37F10IN4/c1-5-6-7-8-25-13-15-56-37(17-25)38-18-26(42(2,3)4)14-16-59(38)55-33-21-29(45)19-31(47)39(33)35-11-9-27(43(49,50)51)23-57(35)41(56)58-24-28(44(52,53)54)10-12-36(58)40-32(48)20-30(46)22-34(40)55/h9-24,41H,5-8H2,1-4H3/q+4. The van der Waals surface area contributed by atoms with Gasteiger partial charge in [0.15, 0.2) is 0 Å². The Labute approximate surface area is 340 Å². The molecule has 0 saturated carbocycles. The van der Waals surface area contributed by atoms with Crippen LogP contribution in [0.2, 0.25) is 0 Å². The molecule has 0 saturated heterocycles. The van der Waals surface area contributed by atoms with Gasteiger partial charge in [0.2, 0.25) is 0 Å². The number of unbranched alkanes of at least 4 members (excludes halogenated alkanes) is 2. The fourth-order valence-electron chi connectivity index (χ4n) is 7.72. The molecule has 15 heteroatoms. The number of alkyl halides is 6. The van der Waals surface area contributed by atoms with E-state index in [-0.39, 0.29) is 29.7 Å². The normalized spacial score (nSPS) is 14.4. The van der Waals surface area contributed by atoms with Crippen molar-refractivity contribution in [3.05, 3.63) is 150 Å². The van der Waals surface area contributed by atoms with Crippen molar-refractivity contribution >= 4 is 20.1 Å². The number of benzene rings is 2. The van der Waals surface area contributed by atoms with Crippen LogP contribution in [0.25, 0.3) is 33.9 Å². The first-order chi connectivity index (χ1) is 27.8. The molecule has 0 aliphatic carbocycles. The van der Waals surface area contributed by atoms with E-state index >= 15 is 17.6 Å². The van der Waals surface area contributed by atoms with Gasteiger partial charge in [-0.2, -0.15) is 0 Å². The van der Waals surface area contributed by atoms with Crippen LogP contribution in [0.3, 0.4) is 0 Å². The minimum absolute atomic E-state index is 0.0483. The predicted octanol–water partition coefficient (Wildman–Crippen LogP) is 10.7. The van der Waals surface area contributed by atoms with Gasteiger partial charge < -0.3 is 0 Å². The number of aryl methyl sites for hydroxylation is 1. The Morgan fingerprint density at radius 1 is 0.559 bits per heavy atom. The molecule has 0 unspecified atom stereocenters. The Hall–Kier alpha value is -4.93. The maximum absolute atomic E-state index is 16.8. The Bertz CT molecular complexity index is 2550. The third-order valence-electron chi connectivity index (χ3n) is 10.6. The molecule has 4 nitrogen and oxygen atoms in total. The van der Waals surface area contributed by atoms with Gasteiger partial charge in [0.05, 0.1) is 0 Å². The Balaban J connectivity index is 1.69. The molecule has 0 N–H and O–H groups in total. The van der Waals surface area contributed by atoms with Crippen molar-refractivity contribution in [2.45, 2.75) is 77.4 Å². The summed E-state index contributed by atoms with van der Waals surface area (Å²) in [7, 11) is 0. The fourth-order valence-corrected chi connectivity index (χ4v) is 14.1. The van der Waals surface area contributed by atoms with Crippen molar-refractivity contribution in [2.75, 3.05) is 0 Å². The first kappa shape index (κ1) is 40.8. The topological polar surface area (TPSA) is 15.5 Å². The minimum atomic E-state index is -4.99. The molecule has 9 rings (SSSR count). The van der Waals surface area contributed by atoms with Gasteiger partial charge >= 0.3 is 342 Å². The van der Waals surface area contributed by atoms with E-state index in [1.807, 2.05) is 39.8 Å². The van der Waals surface area contributed by atoms with Crippen molar-refractivity contribution in [3.63, 3.8) is 0 Å². The Morgan fingerprint density at radius 2 is 1.10 bits per heavy atom. The summed E-state index contributed by atoms with van der Waals surface area (Å²) >= 11 is -4.05. The molecule has 2 bridgehead atoms. The predicted molar refractivity (Wildman–Crippen MR) is 205 cm³/mol. The van der Waals surface area contributed by atoms with Crippen LogP contribution < -0.4 is 16.5 Å². The zero-order valence-electron chi connectivity index (χ0n) is 32.1. The molecule has 0 amide bonds. The van der Waals surface area contributed by atoms with Gasteiger partial charge in [0, 0.05) is 0 Å². The van der Waals surface area contributed by atoms with Crippen molar-refractivity contribution in [1.82, 2.24) is 0 Å². The van der Waals surface area contributed by atoms with Crippen LogP contribution >= 0.6 is 20.1 Å². The molecular weight excluding hydrogens is 901 g/mol. The molecule has 306 valence electrons. The fraction of sp³-hybridized carbons (Fsp3) is 0.273. The number of aromatic nitrogens is 4. The van der Waals surface area contributed by atoms with Gasteiger partial charge in [-0.3, -0.25) is 0 Å². The maximum atomic E-state index is 16.8. The van der Waals surface area contributed by atoms with Crippen molar-refractivity contribution in [2.24, 2.45) is 0 Å². The van der Waals surface area contributed by atoms with Crippen LogP contribution in [0.15, 0.2) is 97.6 Å². The zero-order valence-corrected chi connectivity index (χ0v) is 34.2. The number of pyridine rings is 4. The summed E-state index contributed by atoms with van der Waals surface area (Å²) in [5, 5.41) is 0. The van der Waals surface area contributed by atoms with E-state index in [1.165, 1.54) is 4.57 Å². The first-order valence-electron chi connectivity index (χ1n) is 18.8. The van der Waals surface area contributed by atoms with Gasteiger partial charge in [-0.1, -0.05) is 0 Å². The van der Waals surface area contributed by atoms with E-state index in [0.717, 1.165) is 75.9 Å². The molecule has 6 aromatic rings. The van der Waals surface area contributed by atoms with Gasteiger partial charge in [0.25, 0.3) is 0 Å². The second-order valence-electron chi connectivity index (χ2n) is 15.7. The molecule has 3 aliphatic heterocycles. The summed E-state index contributed by atoms with van der Waals surface area (Å²) < 4.78 is 159. The van der Waals surface area contributed by atoms with Crippen LogP contribution in [0.5, 0.6) is 0 Å². The number of hydrogen-bond acceptors (Lipinski definition) is 0. The third kappa shape index (κ3) is 7.26. The number of nitrogens with zero attached hydrogens (tertiary/aromatic N) is 4. The van der Waals surface area contributed by atoms with Gasteiger partial charge in [-0.05, 0) is 0 Å². The van der Waals surface area contributed by atoms with E-state index in [0.29, 0.717) is 42.3 Å². The SMILES string of the molecule is CCCCCc1cc[n+]2c(c1)-c1cc(C(C)(C)C)cc[n+]1I1c3cc(F)cc(F)c3-c3ccc(C(F)(F)F)c[n+]3C2[n+]2cc(C(F)(F)F)ccc2-c2c(F)cc(F)cc21. The summed E-state index contributed by atoms with van der Waals surface area (Å²) in [6.45, 7) is 7.89. The van der Waals surface area contributed by atoms with Gasteiger partial charge in [-0.15, -0.1) is 0 Å². The Kier molecular flexibility index (Phi) is 10.1. The molecule has 59 heavy (non-hydrogen) atoms. The molecule has 0 radical (unpaired) electrons. The number of rotatable bonds is 4. The Morgan fingerprint density at radius 3 is 1.59 bits per heavy atom. The van der Waals surface area contributed by atoms with Crippen molar-refractivity contribution in [1.29, 1.82) is 0 Å². The first-order valence-corrected chi connectivity index (χ1v) is 21.9. The van der Waals surface area contributed by atoms with E-state index in [1.54, 1.807) is 27.3 Å². The molecule has 2 aromatic carbocycles. The molecule has 3 aliphatic rings. The second-order valence-corrected chi connectivity index (χ2v) is 20.5. The summed E-state index contributed by atoms with van der Waals surface area (Å²) in [5.41, 5.74) is -1.86. The van der Waals surface area contributed by atoms with Crippen LogP contribution in [0.4, 0.5) is 43.9 Å². The third-order valence-corrected chi connectivity index (χ3v) is 16.4. The second kappa shape index (κ2) is 14.7. The van der Waals surface area contributed by atoms with Crippen LogP contribution in [-0.2, 0) is 24.2 Å². The van der Waals surface area contributed by atoms with E-state index < -0.39 is 78.5 Å². The van der Waals surface area contributed by atoms with Crippen LogP contribution in [0.1, 0.15) is 75.5 Å². The van der Waals surface area contributed by atoms with E-state index in [2.05, 4.69) is 0 Å². The number of halogens is 11. The summed E-state index contributed by atoms with van der Waals surface area (Å²) in [4.78, 5) is 0. The zero-order chi connectivity index (χ0) is 42.3. The molecule has 4 aromatic heterocycles. The monoisotopic (exact) mass is 938 g/mol. The van der Waals surface area contributed by atoms with Crippen molar-refractivity contribution < 1.29 is 60.4 Å². The summed E-state index contributed by atoms with van der Waals surface area (Å²) in [6, 6.07) is 13.8. The van der Waals surface area contributed by atoms with Crippen LogP contribution in [0, 0.1) is 30.4 Å². The van der Waals surface area contributed by atoms with Gasteiger partial charge in [0.1, 0.15) is 0 Å². The van der Waals surface area contributed by atoms with Crippen LogP contribution in [-0.4, -0.2) is 0 Å². The summed E-state index contributed by atoms with van der Waals surface area (Å²) in [6.07, 6.45) is -3.98. The van der Waals surface area contributed by atoms with E-state index in [4.69, 9.17) is 0 Å². The molecule has 0 atom stereocenters. The number of hydrogen-bond donors (Lipinski definition) is 0. The molecular formula is C44H37F10IN4+4. The quantitative estimate of drug-likeness (QED) is 0.0723.